The lowest BCUT2D eigenvalue weighted by atomic mass is 9.92. The largest absolute Gasteiger partial charge is 0.247 e. The number of fused-ring (bicyclic) bond motifs is 2. The van der Waals surface area contributed by atoms with Crippen molar-refractivity contribution in [3.05, 3.63) is 98.1 Å². The van der Waals surface area contributed by atoms with Gasteiger partial charge in [-0.3, -0.25) is 0 Å². The van der Waals surface area contributed by atoms with E-state index in [0.29, 0.717) is 23.8 Å². The fraction of sp³-hybridized carbons (Fsp3) is 0.0714. The van der Waals surface area contributed by atoms with Gasteiger partial charge in [0.25, 0.3) is 0 Å². The molecule has 0 aliphatic rings. The maximum Gasteiger partial charge on any atom is 0.240 e. The van der Waals surface area contributed by atoms with Crippen LogP contribution in [0.25, 0.3) is 21.5 Å². The van der Waals surface area contributed by atoms with Gasteiger partial charge < -0.3 is 0 Å². The molecule has 42 heavy (non-hydrogen) atoms. The molecule has 0 saturated heterocycles. The van der Waals surface area contributed by atoms with E-state index in [4.69, 9.17) is 0 Å². The first-order chi connectivity index (χ1) is 20.7. The molecule has 0 atom stereocenters. The number of hydrogen-bond acceptors (Lipinski definition) is 14. The molecule has 0 spiro atoms. The molecule has 14 nitrogen and oxygen atoms in total. The van der Waals surface area contributed by atoms with Gasteiger partial charge >= 0.3 is 0 Å². The zero-order chi connectivity index (χ0) is 28.5. The minimum atomic E-state index is 0.395. The van der Waals surface area contributed by atoms with Crippen LogP contribution in [-0.4, -0.2) is 59.8 Å². The van der Waals surface area contributed by atoms with Crippen LogP contribution in [0.4, 0.5) is 35.2 Å². The Kier molecular flexibility index (Phi) is 6.16. The van der Waals surface area contributed by atoms with Crippen LogP contribution >= 0.6 is 0 Å². The molecule has 7 aromatic rings. The molecule has 0 saturated carbocycles. The van der Waals surface area contributed by atoms with Gasteiger partial charge in [-0.2, -0.15) is 0 Å². The molecule has 202 valence electrons. The number of hydrogen-bond donors (Lipinski definition) is 0. The minimum absolute atomic E-state index is 0.395. The van der Waals surface area contributed by atoms with E-state index in [1.807, 2.05) is 12.1 Å². The second kappa shape index (κ2) is 10.4. The van der Waals surface area contributed by atoms with Crippen LogP contribution < -0.4 is 9.80 Å². The first-order valence-corrected chi connectivity index (χ1v) is 12.7. The topological polar surface area (TPSA) is 161 Å². The molecule has 0 radical (unpaired) electrons. The quantitative estimate of drug-likeness (QED) is 0.269. The highest BCUT2D eigenvalue weighted by molar-refractivity contribution is 6.07. The molecule has 0 N–H and O–H groups in total. The summed E-state index contributed by atoms with van der Waals surface area (Å²) in [6.45, 7) is 4.22. The van der Waals surface area contributed by atoms with Crippen molar-refractivity contribution < 1.29 is 0 Å². The lowest BCUT2D eigenvalue weighted by molar-refractivity contribution is 0.948. The number of nitrogens with zero attached hydrogens (tertiary/aromatic N) is 14. The van der Waals surface area contributed by atoms with Gasteiger partial charge in [0.05, 0.1) is 11.4 Å². The molecule has 0 amide bonds. The van der Waals surface area contributed by atoms with Crippen LogP contribution in [-0.2, 0) is 0 Å². The van der Waals surface area contributed by atoms with Crippen LogP contribution in [0, 0.1) is 13.8 Å². The molecular formula is C28H20N14. The van der Waals surface area contributed by atoms with E-state index >= 15 is 0 Å². The lowest BCUT2D eigenvalue weighted by Crippen LogP contribution is -2.16. The maximum atomic E-state index is 4.35. The van der Waals surface area contributed by atoms with Gasteiger partial charge in [-0.15, -0.1) is 0 Å². The van der Waals surface area contributed by atoms with Crippen LogP contribution in [0.5, 0.6) is 0 Å². The molecule has 3 aromatic carbocycles. The van der Waals surface area contributed by atoms with Gasteiger partial charge in [-0.25, -0.2) is 69.6 Å². The van der Waals surface area contributed by atoms with Crippen molar-refractivity contribution in [2.75, 3.05) is 9.80 Å². The van der Waals surface area contributed by atoms with Gasteiger partial charge in [0.1, 0.15) is 50.6 Å². The minimum Gasteiger partial charge on any atom is -0.247 e. The van der Waals surface area contributed by atoms with Gasteiger partial charge in [0, 0.05) is 0 Å². The van der Waals surface area contributed by atoms with E-state index in [9.17, 15) is 0 Å². The molecule has 0 aliphatic heterocycles. The maximum absolute atomic E-state index is 4.35. The molecule has 14 heteroatoms. The smallest absolute Gasteiger partial charge is 0.240 e. The van der Waals surface area contributed by atoms with E-state index in [0.717, 1.165) is 44.0 Å². The predicted octanol–water partition coefficient (Wildman–Crippen LogP) is 4.29. The van der Waals surface area contributed by atoms with E-state index < -0.39 is 0 Å². The Morgan fingerprint density at radius 3 is 0.952 bits per heavy atom. The Hall–Kier alpha value is -6.18. The highest BCUT2D eigenvalue weighted by atomic mass is 15.4. The Morgan fingerprint density at radius 1 is 0.381 bits per heavy atom. The van der Waals surface area contributed by atoms with Crippen molar-refractivity contribution in [3.63, 3.8) is 0 Å². The Labute approximate surface area is 238 Å². The Morgan fingerprint density at radius 2 is 0.667 bits per heavy atom. The molecule has 4 aromatic heterocycles. The van der Waals surface area contributed by atoms with Gasteiger partial charge in [0.15, 0.2) is 0 Å². The van der Waals surface area contributed by atoms with E-state index in [2.05, 4.69) is 97.9 Å². The van der Waals surface area contributed by atoms with E-state index in [1.165, 1.54) is 50.6 Å². The predicted molar refractivity (Wildman–Crippen MR) is 154 cm³/mol. The average Bonchev–Trinajstić information content (AvgIpc) is 3.06. The first-order valence-electron chi connectivity index (χ1n) is 12.7. The molecule has 7 rings (SSSR count). The zero-order valence-electron chi connectivity index (χ0n) is 22.3. The van der Waals surface area contributed by atoms with Crippen molar-refractivity contribution in [2.24, 2.45) is 0 Å². The second-order valence-electron chi connectivity index (χ2n) is 9.13. The van der Waals surface area contributed by atoms with Crippen molar-refractivity contribution in [1.29, 1.82) is 0 Å². The summed E-state index contributed by atoms with van der Waals surface area (Å²) >= 11 is 0. The van der Waals surface area contributed by atoms with Crippen LogP contribution in [0.3, 0.4) is 0 Å². The van der Waals surface area contributed by atoms with Crippen molar-refractivity contribution in [2.45, 2.75) is 13.8 Å². The Balaban J connectivity index is 1.40. The highest BCUT2D eigenvalue weighted by Gasteiger charge is 2.21. The second-order valence-corrected chi connectivity index (χ2v) is 9.13. The van der Waals surface area contributed by atoms with E-state index in [-0.39, 0.29) is 0 Å². The van der Waals surface area contributed by atoms with E-state index in [1.54, 1.807) is 9.80 Å². The van der Waals surface area contributed by atoms with Crippen LogP contribution in [0.15, 0.2) is 87.0 Å². The van der Waals surface area contributed by atoms with Crippen LogP contribution in [0.2, 0.25) is 0 Å². The third kappa shape index (κ3) is 4.32. The number of aromatic nitrogens is 12. The van der Waals surface area contributed by atoms with Crippen LogP contribution in [0.1, 0.15) is 11.1 Å². The van der Waals surface area contributed by atoms with Crippen molar-refractivity contribution in [3.8, 4) is 0 Å². The number of rotatable bonds is 6. The summed E-state index contributed by atoms with van der Waals surface area (Å²) in [7, 11) is 0. The standard InChI is InChI=1S/C28H20N14/c1-17-21-5-3-20(42(27-37-13-31-14-38-27)28-39-15-32-16-40-28)8-24(21)18(2)22-6-4-19(7-23(17)22)41(25-33-9-29-10-34-25)26-35-11-30-12-36-26/h3-16H,1-2H3. The van der Waals surface area contributed by atoms with Crippen molar-refractivity contribution in [1.82, 2.24) is 59.8 Å². The summed E-state index contributed by atoms with van der Waals surface area (Å²) in [6.07, 6.45) is 11.5. The molecule has 0 unspecified atom stereocenters. The summed E-state index contributed by atoms with van der Waals surface area (Å²) in [6, 6.07) is 12.4. The fourth-order valence-electron chi connectivity index (χ4n) is 4.94. The summed E-state index contributed by atoms with van der Waals surface area (Å²) < 4.78 is 0. The Bertz CT molecular complexity index is 1780. The molecule has 0 fully saturated rings. The highest BCUT2D eigenvalue weighted by Crippen LogP contribution is 2.39. The average molecular weight is 553 g/mol. The monoisotopic (exact) mass is 552 g/mol. The molecule has 0 bridgehead atoms. The van der Waals surface area contributed by atoms with Gasteiger partial charge in [-0.1, -0.05) is 12.1 Å². The molecular weight excluding hydrogens is 532 g/mol. The SMILES string of the molecule is Cc1c2ccc(N(c3ncncn3)c3ncncn3)cc2c(C)c2ccc(N(c3ncncn3)c3ncncn3)cc12. The number of aryl methyl sites for hydroxylation is 2. The third-order valence-electron chi connectivity index (χ3n) is 6.86. The third-order valence-corrected chi connectivity index (χ3v) is 6.86. The summed E-state index contributed by atoms with van der Waals surface area (Å²) in [5.41, 5.74) is 3.82. The summed E-state index contributed by atoms with van der Waals surface area (Å²) in [5, 5.41) is 4.34. The number of anilines is 6. The number of benzene rings is 3. The van der Waals surface area contributed by atoms with Gasteiger partial charge in [-0.05, 0) is 70.8 Å². The normalized spacial score (nSPS) is 11.1. The molecule has 0 aliphatic carbocycles. The zero-order valence-corrected chi connectivity index (χ0v) is 22.3. The van der Waals surface area contributed by atoms with Crippen molar-refractivity contribution >= 4 is 56.7 Å². The summed E-state index contributed by atoms with van der Waals surface area (Å²) in [4.78, 5) is 54.1. The molecule has 4 heterocycles. The van der Waals surface area contributed by atoms with Gasteiger partial charge in [0.2, 0.25) is 23.8 Å². The fourth-order valence-corrected chi connectivity index (χ4v) is 4.94. The lowest BCUT2D eigenvalue weighted by Gasteiger charge is -2.23. The summed E-state index contributed by atoms with van der Waals surface area (Å²) in [5.74, 6) is 1.58. The first kappa shape index (κ1) is 24.8.